The number of carboxylic acid groups (broad SMARTS) is 1. The average Bonchev–Trinajstić information content (AvgIpc) is 2.28. The van der Waals surface area contributed by atoms with Gasteiger partial charge in [0.15, 0.2) is 6.61 Å². The zero-order valence-electron chi connectivity index (χ0n) is 9.40. The molecule has 92 valence electrons. The SMILES string of the molecule is CCNC(=O)COc1ccc(N)c(C(=O)O)c1. The lowest BCUT2D eigenvalue weighted by Crippen LogP contribution is -2.28. The molecule has 1 aromatic carbocycles. The first-order valence-electron chi connectivity index (χ1n) is 5.07. The molecule has 0 radical (unpaired) electrons. The van der Waals surface area contributed by atoms with Gasteiger partial charge < -0.3 is 20.9 Å². The lowest BCUT2D eigenvalue weighted by Gasteiger charge is -2.08. The van der Waals surface area contributed by atoms with Crippen LogP contribution in [-0.2, 0) is 4.79 Å². The van der Waals surface area contributed by atoms with Crippen molar-refractivity contribution in [3.8, 4) is 5.75 Å². The second-order valence-electron chi connectivity index (χ2n) is 3.30. The molecule has 0 saturated heterocycles. The highest BCUT2D eigenvalue weighted by molar-refractivity contribution is 5.94. The van der Waals surface area contributed by atoms with E-state index in [4.69, 9.17) is 15.6 Å². The molecule has 0 saturated carbocycles. The molecule has 0 heterocycles. The number of hydrogen-bond donors (Lipinski definition) is 3. The number of nitrogens with two attached hydrogens (primary N) is 1. The Balaban J connectivity index is 2.69. The van der Waals surface area contributed by atoms with Crippen molar-refractivity contribution in [1.29, 1.82) is 0 Å². The van der Waals surface area contributed by atoms with Crippen LogP contribution < -0.4 is 15.8 Å². The maximum Gasteiger partial charge on any atom is 0.337 e. The molecular formula is C11H14N2O4. The van der Waals surface area contributed by atoms with Crippen LogP contribution in [0.2, 0.25) is 0 Å². The molecule has 0 fully saturated rings. The topological polar surface area (TPSA) is 102 Å². The summed E-state index contributed by atoms with van der Waals surface area (Å²) in [6, 6.07) is 4.23. The highest BCUT2D eigenvalue weighted by Gasteiger charge is 2.09. The summed E-state index contributed by atoms with van der Waals surface area (Å²) in [7, 11) is 0. The number of anilines is 1. The summed E-state index contributed by atoms with van der Waals surface area (Å²) in [4.78, 5) is 21.9. The van der Waals surface area contributed by atoms with Crippen LogP contribution in [0.3, 0.4) is 0 Å². The Hall–Kier alpha value is -2.24. The largest absolute Gasteiger partial charge is 0.484 e. The normalized spacial score (nSPS) is 9.71. The third-order valence-electron chi connectivity index (χ3n) is 2.00. The van der Waals surface area contributed by atoms with Crippen molar-refractivity contribution in [2.45, 2.75) is 6.92 Å². The van der Waals surface area contributed by atoms with E-state index in [0.717, 1.165) is 0 Å². The Morgan fingerprint density at radius 3 is 2.76 bits per heavy atom. The van der Waals surface area contributed by atoms with E-state index in [1.165, 1.54) is 18.2 Å². The van der Waals surface area contributed by atoms with Crippen LogP contribution in [0.4, 0.5) is 5.69 Å². The summed E-state index contributed by atoms with van der Waals surface area (Å²) < 4.78 is 5.14. The van der Waals surface area contributed by atoms with Gasteiger partial charge >= 0.3 is 5.97 Å². The number of carbonyl (C=O) groups excluding carboxylic acids is 1. The van der Waals surface area contributed by atoms with Gasteiger partial charge in [-0.1, -0.05) is 0 Å². The quantitative estimate of drug-likeness (QED) is 0.648. The second kappa shape index (κ2) is 5.74. The summed E-state index contributed by atoms with van der Waals surface area (Å²) in [6.45, 7) is 2.16. The average molecular weight is 238 g/mol. The van der Waals surface area contributed by atoms with Crippen LogP contribution in [0.25, 0.3) is 0 Å². The van der Waals surface area contributed by atoms with Gasteiger partial charge in [-0.15, -0.1) is 0 Å². The molecule has 1 rings (SSSR count). The molecule has 6 heteroatoms. The summed E-state index contributed by atoms with van der Waals surface area (Å²) in [5.74, 6) is -1.10. The van der Waals surface area contributed by atoms with Crippen LogP contribution in [0, 0.1) is 0 Å². The fourth-order valence-electron chi connectivity index (χ4n) is 1.21. The standard InChI is InChI=1S/C11H14N2O4/c1-2-13-10(14)6-17-7-3-4-9(12)8(5-7)11(15)16/h3-5H,2,6,12H2,1H3,(H,13,14)(H,15,16). The molecule has 4 N–H and O–H groups in total. The number of aromatic carboxylic acids is 1. The van der Waals surface area contributed by atoms with E-state index in [1.807, 2.05) is 0 Å². The van der Waals surface area contributed by atoms with E-state index < -0.39 is 5.97 Å². The number of carbonyl (C=O) groups is 2. The zero-order chi connectivity index (χ0) is 12.8. The molecule has 17 heavy (non-hydrogen) atoms. The van der Waals surface area contributed by atoms with Crippen molar-refractivity contribution in [2.24, 2.45) is 0 Å². The van der Waals surface area contributed by atoms with Gasteiger partial charge in [0.1, 0.15) is 5.75 Å². The van der Waals surface area contributed by atoms with Crippen LogP contribution in [0.5, 0.6) is 5.75 Å². The van der Waals surface area contributed by atoms with Gasteiger partial charge in [-0.25, -0.2) is 4.79 Å². The van der Waals surface area contributed by atoms with Crippen molar-refractivity contribution in [3.05, 3.63) is 23.8 Å². The van der Waals surface area contributed by atoms with E-state index in [0.29, 0.717) is 12.3 Å². The third-order valence-corrected chi connectivity index (χ3v) is 2.00. The van der Waals surface area contributed by atoms with Gasteiger partial charge in [-0.2, -0.15) is 0 Å². The molecule has 0 spiro atoms. The summed E-state index contributed by atoms with van der Waals surface area (Å²) in [6.07, 6.45) is 0. The summed E-state index contributed by atoms with van der Waals surface area (Å²) >= 11 is 0. The predicted molar refractivity (Wildman–Crippen MR) is 62.0 cm³/mol. The number of ether oxygens (including phenoxy) is 1. The minimum absolute atomic E-state index is 0.0431. The fourth-order valence-corrected chi connectivity index (χ4v) is 1.21. The van der Waals surface area contributed by atoms with Gasteiger partial charge in [0.2, 0.25) is 0 Å². The molecule has 0 aliphatic heterocycles. The molecule has 1 amide bonds. The summed E-state index contributed by atoms with van der Waals surface area (Å²) in [5.41, 5.74) is 5.59. The number of amides is 1. The highest BCUT2D eigenvalue weighted by atomic mass is 16.5. The van der Waals surface area contributed by atoms with E-state index in [1.54, 1.807) is 6.92 Å². The smallest absolute Gasteiger partial charge is 0.337 e. The fraction of sp³-hybridized carbons (Fsp3) is 0.273. The van der Waals surface area contributed by atoms with E-state index in [2.05, 4.69) is 5.32 Å². The lowest BCUT2D eigenvalue weighted by molar-refractivity contribution is -0.122. The first kappa shape index (κ1) is 12.8. The van der Waals surface area contributed by atoms with Crippen LogP contribution in [-0.4, -0.2) is 30.1 Å². The molecule has 0 aromatic heterocycles. The second-order valence-corrected chi connectivity index (χ2v) is 3.30. The van der Waals surface area contributed by atoms with Crippen molar-refractivity contribution in [3.63, 3.8) is 0 Å². The first-order chi connectivity index (χ1) is 8.04. The minimum atomic E-state index is -1.13. The van der Waals surface area contributed by atoms with Gasteiger partial charge in [-0.05, 0) is 25.1 Å². The molecule has 0 atom stereocenters. The number of benzene rings is 1. The zero-order valence-corrected chi connectivity index (χ0v) is 9.40. The molecule has 6 nitrogen and oxygen atoms in total. The van der Waals surface area contributed by atoms with Crippen molar-refractivity contribution >= 4 is 17.6 Å². The maximum atomic E-state index is 11.1. The van der Waals surface area contributed by atoms with E-state index >= 15 is 0 Å². The molecule has 1 aromatic rings. The van der Waals surface area contributed by atoms with Crippen LogP contribution >= 0.6 is 0 Å². The molecule has 0 aliphatic carbocycles. The van der Waals surface area contributed by atoms with Gasteiger partial charge in [-0.3, -0.25) is 4.79 Å². The van der Waals surface area contributed by atoms with E-state index in [9.17, 15) is 9.59 Å². The van der Waals surface area contributed by atoms with Crippen molar-refractivity contribution in [2.75, 3.05) is 18.9 Å². The maximum absolute atomic E-state index is 11.1. The van der Waals surface area contributed by atoms with Crippen LogP contribution in [0.15, 0.2) is 18.2 Å². The number of likely N-dealkylation sites (N-methyl/N-ethyl adjacent to an activating group) is 1. The summed E-state index contributed by atoms with van der Waals surface area (Å²) in [5, 5.41) is 11.4. The number of carboxylic acids is 1. The van der Waals surface area contributed by atoms with Gasteiger partial charge in [0.05, 0.1) is 5.56 Å². The first-order valence-corrected chi connectivity index (χ1v) is 5.07. The Morgan fingerprint density at radius 1 is 1.47 bits per heavy atom. The Bertz CT molecular complexity index is 431. The molecule has 0 aliphatic rings. The van der Waals surface area contributed by atoms with Gasteiger partial charge in [0.25, 0.3) is 5.91 Å². The number of nitrogens with one attached hydrogen (secondary N) is 1. The van der Waals surface area contributed by atoms with E-state index in [-0.39, 0.29) is 23.8 Å². The Kier molecular flexibility index (Phi) is 4.33. The predicted octanol–water partition coefficient (Wildman–Crippen LogP) is 0.482. The lowest BCUT2D eigenvalue weighted by atomic mass is 10.2. The minimum Gasteiger partial charge on any atom is -0.484 e. The van der Waals surface area contributed by atoms with Crippen molar-refractivity contribution < 1.29 is 19.4 Å². The monoisotopic (exact) mass is 238 g/mol. The molecule has 0 unspecified atom stereocenters. The molecular weight excluding hydrogens is 224 g/mol. The van der Waals surface area contributed by atoms with Crippen LogP contribution in [0.1, 0.15) is 17.3 Å². The Labute approximate surface area is 98.4 Å². The van der Waals surface area contributed by atoms with Crippen molar-refractivity contribution in [1.82, 2.24) is 5.32 Å². The number of hydrogen-bond acceptors (Lipinski definition) is 4. The number of rotatable bonds is 5. The third kappa shape index (κ3) is 3.67. The molecule has 0 bridgehead atoms. The van der Waals surface area contributed by atoms with Gasteiger partial charge in [0, 0.05) is 12.2 Å². The highest BCUT2D eigenvalue weighted by Crippen LogP contribution is 2.19. The Morgan fingerprint density at radius 2 is 2.18 bits per heavy atom. The number of nitrogen functional groups attached to an aromatic ring is 1.